The second-order valence-electron chi connectivity index (χ2n) is 8.83. The molecule has 0 aliphatic rings. The number of benzene rings is 5. The third-order valence-electron chi connectivity index (χ3n) is 6.37. The van der Waals surface area contributed by atoms with E-state index in [1.54, 1.807) is 18.2 Å². The summed E-state index contributed by atoms with van der Waals surface area (Å²) in [4.78, 5) is 3.28. The molecule has 0 saturated heterocycles. The summed E-state index contributed by atoms with van der Waals surface area (Å²) in [5, 5.41) is 4.92. The van der Waals surface area contributed by atoms with Crippen molar-refractivity contribution in [2.75, 3.05) is 5.32 Å². The van der Waals surface area contributed by atoms with Crippen molar-refractivity contribution in [2.24, 2.45) is 0 Å². The second-order valence-corrected chi connectivity index (χ2v) is 11.6. The third kappa shape index (κ3) is 6.20. The van der Waals surface area contributed by atoms with Crippen LogP contribution in [0.1, 0.15) is 0 Å². The van der Waals surface area contributed by atoms with Crippen LogP contribution >= 0.6 is 0 Å². The number of hydrogen-bond acceptors (Lipinski definition) is 8. The molecule has 0 unspecified atom stereocenters. The Kier molecular flexibility index (Phi) is 9.27. The largest absolute Gasteiger partial charge is 1.00 e. The predicted octanol–water partition coefficient (Wildman–Crippen LogP) is -1.62. The van der Waals surface area contributed by atoms with Crippen molar-refractivity contribution in [1.29, 1.82) is 0 Å². The van der Waals surface area contributed by atoms with Crippen LogP contribution in [0.4, 0.5) is 11.4 Å². The zero-order valence-corrected chi connectivity index (χ0v) is 27.6. The van der Waals surface area contributed by atoms with E-state index in [1.165, 1.54) is 0 Å². The Bertz CT molecular complexity index is 2160. The zero-order chi connectivity index (χ0) is 27.4. The van der Waals surface area contributed by atoms with Crippen LogP contribution in [-0.4, -0.2) is 30.9 Å². The molecule has 41 heavy (non-hydrogen) atoms. The summed E-state index contributed by atoms with van der Waals surface area (Å²) >= 11 is 0. The van der Waals surface area contributed by atoms with Gasteiger partial charge in [0.15, 0.2) is 0 Å². The molecule has 0 fully saturated rings. The van der Waals surface area contributed by atoms with E-state index < -0.39 is 30.0 Å². The van der Waals surface area contributed by atoms with Gasteiger partial charge in [0.2, 0.25) is 16.7 Å². The van der Waals surface area contributed by atoms with E-state index in [1.807, 2.05) is 71.3 Å². The topological polar surface area (TPSA) is 143 Å². The molecule has 0 saturated carbocycles. The molecule has 1 N–H and O–H groups in total. The van der Waals surface area contributed by atoms with Gasteiger partial charge in [0.25, 0.3) is 0 Å². The number of aromatic nitrogens is 2. The van der Waals surface area contributed by atoms with Gasteiger partial charge in [-0.1, -0.05) is 42.5 Å². The van der Waals surface area contributed by atoms with Crippen molar-refractivity contribution in [3.8, 4) is 5.69 Å². The minimum Gasteiger partial charge on any atom is -0.744 e. The molecule has 0 bridgehead atoms. The van der Waals surface area contributed by atoms with Crippen LogP contribution in [0.2, 0.25) is 0 Å². The number of anilines is 2. The molecule has 6 aromatic rings. The van der Waals surface area contributed by atoms with Crippen LogP contribution in [0, 0.1) is 0 Å². The van der Waals surface area contributed by atoms with Gasteiger partial charge < -0.3 is 14.4 Å². The SMILES string of the molecule is O=S(=O)([O-])c1ccc(Nc2ccc3nc4c5ccccc5ccc4[n+](-c4ccccc4)c3c2)c(S(=O)(=O)[O-])c1.[Na+].[Na+]. The first-order valence-electron chi connectivity index (χ1n) is 11.7. The fourth-order valence-corrected chi connectivity index (χ4v) is 5.88. The second kappa shape index (κ2) is 12.1. The average molecular weight is 603 g/mol. The molecule has 0 aliphatic heterocycles. The minimum atomic E-state index is -5.11. The summed E-state index contributed by atoms with van der Waals surface area (Å²) in [6, 6.07) is 29.4. The summed E-state index contributed by atoms with van der Waals surface area (Å²) in [6.07, 6.45) is 0. The van der Waals surface area contributed by atoms with Crippen LogP contribution in [0.15, 0.2) is 113 Å². The summed E-state index contributed by atoms with van der Waals surface area (Å²) < 4.78 is 72.0. The molecular weight excluding hydrogens is 584 g/mol. The molecule has 1 aromatic heterocycles. The number of nitrogens with zero attached hydrogens (tertiary/aromatic N) is 2. The van der Waals surface area contributed by atoms with Crippen molar-refractivity contribution < 1.29 is 89.6 Å². The van der Waals surface area contributed by atoms with E-state index in [0.717, 1.165) is 39.6 Å². The van der Waals surface area contributed by atoms with E-state index in [9.17, 15) is 25.9 Å². The maximum atomic E-state index is 11.9. The van der Waals surface area contributed by atoms with Crippen LogP contribution < -0.4 is 69.0 Å². The van der Waals surface area contributed by atoms with E-state index in [-0.39, 0.29) is 64.8 Å². The predicted molar refractivity (Wildman–Crippen MR) is 144 cm³/mol. The van der Waals surface area contributed by atoms with Gasteiger partial charge in [-0.25, -0.2) is 21.8 Å². The minimum absolute atomic E-state index is 0. The Morgan fingerprint density at radius 2 is 1.39 bits per heavy atom. The zero-order valence-electron chi connectivity index (χ0n) is 22.0. The fourth-order valence-electron chi connectivity index (χ4n) is 4.65. The molecule has 194 valence electrons. The molecular formula is C28H18N3Na2O6S2+. The van der Waals surface area contributed by atoms with Crippen molar-refractivity contribution in [3.05, 3.63) is 103 Å². The van der Waals surface area contributed by atoms with Crippen molar-refractivity contribution in [3.63, 3.8) is 0 Å². The van der Waals surface area contributed by atoms with Crippen LogP contribution in [0.25, 0.3) is 38.5 Å². The Morgan fingerprint density at radius 1 is 0.683 bits per heavy atom. The molecule has 0 aliphatic carbocycles. The third-order valence-corrected chi connectivity index (χ3v) is 8.08. The van der Waals surface area contributed by atoms with Gasteiger partial charge in [-0.2, -0.15) is 0 Å². The van der Waals surface area contributed by atoms with Crippen molar-refractivity contribution in [2.45, 2.75) is 9.79 Å². The van der Waals surface area contributed by atoms with Gasteiger partial charge in [0.1, 0.15) is 31.3 Å². The number of nitrogens with one attached hydrogen (secondary N) is 1. The molecule has 1 heterocycles. The molecule has 0 radical (unpaired) electrons. The number of para-hydroxylation sites is 1. The maximum Gasteiger partial charge on any atom is 1.00 e. The van der Waals surface area contributed by atoms with Gasteiger partial charge in [0, 0.05) is 35.3 Å². The van der Waals surface area contributed by atoms with Crippen LogP contribution in [0.5, 0.6) is 0 Å². The van der Waals surface area contributed by atoms with E-state index >= 15 is 0 Å². The molecule has 6 rings (SSSR count). The Morgan fingerprint density at radius 3 is 2.10 bits per heavy atom. The molecule has 5 aromatic carbocycles. The van der Waals surface area contributed by atoms with Gasteiger partial charge >= 0.3 is 59.1 Å². The van der Waals surface area contributed by atoms with Gasteiger partial charge in [-0.15, -0.1) is 4.57 Å². The molecule has 0 atom stereocenters. The van der Waals surface area contributed by atoms with Crippen LogP contribution in [-0.2, 0) is 20.2 Å². The average Bonchev–Trinajstić information content (AvgIpc) is 2.91. The summed E-state index contributed by atoms with van der Waals surface area (Å²) in [5.41, 5.74) is 4.13. The molecule has 0 spiro atoms. The molecule has 9 nitrogen and oxygen atoms in total. The monoisotopic (exact) mass is 602 g/mol. The van der Waals surface area contributed by atoms with Crippen molar-refractivity contribution in [1.82, 2.24) is 4.98 Å². The Labute approximate surface area is 280 Å². The first-order chi connectivity index (χ1) is 18.6. The first-order valence-corrected chi connectivity index (χ1v) is 14.5. The van der Waals surface area contributed by atoms with Gasteiger partial charge in [-0.3, -0.25) is 0 Å². The maximum absolute atomic E-state index is 11.9. The van der Waals surface area contributed by atoms with Gasteiger partial charge in [-0.05, 0) is 41.8 Å². The summed E-state index contributed by atoms with van der Waals surface area (Å²) in [5.74, 6) is 0. The Balaban J connectivity index is 0.00000194. The number of hydrogen-bond donors (Lipinski definition) is 1. The van der Waals surface area contributed by atoms with Crippen molar-refractivity contribution >= 4 is 64.5 Å². The summed E-state index contributed by atoms with van der Waals surface area (Å²) in [7, 11) is -10.1. The number of rotatable bonds is 5. The normalized spacial score (nSPS) is 11.7. The fraction of sp³-hybridized carbons (Fsp3) is 0. The van der Waals surface area contributed by atoms with Gasteiger partial charge in [0.05, 0.1) is 15.5 Å². The molecule has 13 heteroatoms. The summed E-state index contributed by atoms with van der Waals surface area (Å²) in [6.45, 7) is 0. The number of fused-ring (bicyclic) bond motifs is 4. The van der Waals surface area contributed by atoms with E-state index in [2.05, 4.69) is 5.32 Å². The first kappa shape index (κ1) is 31.5. The standard InChI is InChI=1S/C28H19N3O6S2.2Na/c32-38(33,34)21-12-14-24(27(17-21)39(35,36)37)29-19-11-13-23-26(16-19)31(20-7-2-1-3-8-20)25-15-10-18-6-4-5-9-22(18)28(25)30-23;;/h1-17H,(H2,32,33,34,35,36,37);;/q;2*+1/p-1. The Hall–Kier alpha value is -2.42. The quantitative estimate of drug-likeness (QED) is 0.0816. The molecule has 0 amide bonds. The smallest absolute Gasteiger partial charge is 0.744 e. The van der Waals surface area contributed by atoms with E-state index in [0.29, 0.717) is 22.8 Å². The van der Waals surface area contributed by atoms with E-state index in [4.69, 9.17) is 4.98 Å². The van der Waals surface area contributed by atoms with Crippen LogP contribution in [0.3, 0.4) is 0 Å².